The van der Waals surface area contributed by atoms with Crippen molar-refractivity contribution in [2.75, 3.05) is 57.3 Å². The van der Waals surface area contributed by atoms with E-state index in [-0.39, 0.29) is 6.61 Å². The minimum atomic E-state index is 0.284. The molecule has 3 heterocycles. The highest BCUT2D eigenvalue weighted by molar-refractivity contribution is 7.13. The van der Waals surface area contributed by atoms with Crippen LogP contribution in [0.1, 0.15) is 84.3 Å². The van der Waals surface area contributed by atoms with Crippen molar-refractivity contribution >= 4 is 16.5 Å². The highest BCUT2D eigenvalue weighted by Crippen LogP contribution is 2.59. The predicted molar refractivity (Wildman–Crippen MR) is 143 cm³/mol. The van der Waals surface area contributed by atoms with Crippen LogP contribution >= 0.6 is 11.3 Å². The van der Waals surface area contributed by atoms with Crippen molar-refractivity contribution in [3.8, 4) is 0 Å². The molecule has 5 rings (SSSR count). The lowest BCUT2D eigenvalue weighted by atomic mass is 9.49. The van der Waals surface area contributed by atoms with Crippen LogP contribution < -0.4 is 4.90 Å². The van der Waals surface area contributed by atoms with Crippen LogP contribution in [0.25, 0.3) is 0 Å². The molecular weight excluding hydrogens is 440 g/mol. The number of fused-ring (bicyclic) bond motifs is 1. The lowest BCUT2D eigenvalue weighted by Crippen LogP contribution is -2.53. The van der Waals surface area contributed by atoms with Crippen molar-refractivity contribution in [3.63, 3.8) is 0 Å². The van der Waals surface area contributed by atoms with Gasteiger partial charge in [0.25, 0.3) is 0 Å². The maximum atomic E-state index is 9.18. The zero-order valence-corrected chi connectivity index (χ0v) is 23.0. The second-order valence-corrected chi connectivity index (χ2v) is 13.9. The fourth-order valence-electron chi connectivity index (χ4n) is 7.78. The quantitative estimate of drug-likeness (QED) is 0.627. The van der Waals surface area contributed by atoms with Crippen molar-refractivity contribution < 1.29 is 5.11 Å². The molecule has 1 aromatic rings. The average molecular weight is 489 g/mol. The number of aromatic nitrogens is 1. The summed E-state index contributed by atoms with van der Waals surface area (Å²) in [5, 5.41) is 12.9. The van der Waals surface area contributed by atoms with Crippen LogP contribution in [0.5, 0.6) is 0 Å². The minimum absolute atomic E-state index is 0.284. The van der Waals surface area contributed by atoms with Crippen LogP contribution in [0.2, 0.25) is 0 Å². The lowest BCUT2D eigenvalue weighted by molar-refractivity contribution is -0.0501. The molecule has 4 aliphatic rings. The van der Waals surface area contributed by atoms with Gasteiger partial charge < -0.3 is 10.0 Å². The Morgan fingerprint density at radius 2 is 1.59 bits per heavy atom. The largest absolute Gasteiger partial charge is 0.395 e. The summed E-state index contributed by atoms with van der Waals surface area (Å²) in [6, 6.07) is 0.721. The Kier molecular flexibility index (Phi) is 7.34. The van der Waals surface area contributed by atoms with E-state index in [1.165, 1.54) is 55.8 Å². The van der Waals surface area contributed by atoms with Gasteiger partial charge in [0.2, 0.25) is 0 Å². The van der Waals surface area contributed by atoms with E-state index in [2.05, 4.69) is 47.8 Å². The van der Waals surface area contributed by atoms with Gasteiger partial charge in [-0.05, 0) is 67.6 Å². The number of hydrogen-bond acceptors (Lipinski definition) is 6. The van der Waals surface area contributed by atoms with Gasteiger partial charge in [0.05, 0.1) is 12.3 Å². The Balaban J connectivity index is 1.16. The number of anilines is 1. The highest BCUT2D eigenvalue weighted by Gasteiger charge is 2.50. The zero-order valence-electron chi connectivity index (χ0n) is 22.1. The van der Waals surface area contributed by atoms with Crippen LogP contribution in [-0.4, -0.2) is 78.4 Å². The van der Waals surface area contributed by atoms with Crippen LogP contribution in [0.4, 0.5) is 5.13 Å². The van der Waals surface area contributed by atoms with E-state index >= 15 is 0 Å². The number of β-amino-alcohol motifs (C(OH)–C–C–N with tert-alkyl or cyclic N) is 1. The van der Waals surface area contributed by atoms with Gasteiger partial charge >= 0.3 is 0 Å². The summed E-state index contributed by atoms with van der Waals surface area (Å²) in [7, 11) is 0. The first-order valence-electron chi connectivity index (χ1n) is 14.0. The van der Waals surface area contributed by atoms with Gasteiger partial charge in [-0.3, -0.25) is 9.80 Å². The minimum Gasteiger partial charge on any atom is -0.395 e. The van der Waals surface area contributed by atoms with Crippen LogP contribution in [0, 0.1) is 22.7 Å². The van der Waals surface area contributed by atoms with Gasteiger partial charge in [0, 0.05) is 63.2 Å². The third-order valence-electron chi connectivity index (χ3n) is 10.3. The molecule has 0 bridgehead atoms. The van der Waals surface area contributed by atoms with Crippen molar-refractivity contribution in [2.24, 2.45) is 22.7 Å². The third kappa shape index (κ3) is 5.07. The molecule has 0 radical (unpaired) electrons. The van der Waals surface area contributed by atoms with Crippen molar-refractivity contribution in [2.45, 2.75) is 84.6 Å². The molecule has 0 amide bonds. The molecular formula is C28H48N4OS. The highest BCUT2D eigenvalue weighted by atomic mass is 32.1. The van der Waals surface area contributed by atoms with E-state index in [9.17, 15) is 5.11 Å². The van der Waals surface area contributed by atoms with Crippen LogP contribution in [0.3, 0.4) is 0 Å². The van der Waals surface area contributed by atoms with Crippen LogP contribution in [-0.2, 0) is 0 Å². The van der Waals surface area contributed by atoms with Gasteiger partial charge in [-0.25, -0.2) is 4.98 Å². The number of aliphatic hydroxyl groups is 1. The van der Waals surface area contributed by atoms with E-state index in [4.69, 9.17) is 4.98 Å². The van der Waals surface area contributed by atoms with Gasteiger partial charge in [-0.2, -0.15) is 0 Å². The Morgan fingerprint density at radius 3 is 2.26 bits per heavy atom. The zero-order chi connectivity index (χ0) is 23.9. The Bertz CT molecular complexity index is 807. The molecule has 2 aliphatic carbocycles. The average Bonchev–Trinajstić information content (AvgIpc) is 3.33. The van der Waals surface area contributed by atoms with Gasteiger partial charge in [-0.15, -0.1) is 11.3 Å². The molecule has 3 unspecified atom stereocenters. The first-order valence-corrected chi connectivity index (χ1v) is 14.9. The molecule has 3 atom stereocenters. The molecule has 192 valence electrons. The molecule has 0 aromatic carbocycles. The van der Waals surface area contributed by atoms with Crippen molar-refractivity contribution in [3.05, 3.63) is 11.1 Å². The van der Waals surface area contributed by atoms with E-state index in [1.54, 1.807) is 0 Å². The maximum Gasteiger partial charge on any atom is 0.185 e. The number of piperazine rings is 1. The normalized spacial score (nSPS) is 33.1. The van der Waals surface area contributed by atoms with E-state index in [0.717, 1.165) is 63.7 Å². The molecule has 34 heavy (non-hydrogen) atoms. The molecule has 1 aromatic heterocycles. The van der Waals surface area contributed by atoms with Crippen molar-refractivity contribution in [1.29, 1.82) is 0 Å². The second kappa shape index (κ2) is 9.99. The second-order valence-electron chi connectivity index (χ2n) is 13.1. The van der Waals surface area contributed by atoms with Gasteiger partial charge in [0.15, 0.2) is 5.13 Å². The summed E-state index contributed by atoms with van der Waals surface area (Å²) in [4.78, 5) is 12.9. The van der Waals surface area contributed by atoms with E-state index < -0.39 is 0 Å². The number of rotatable bonds is 5. The molecule has 5 nitrogen and oxygen atoms in total. The SMILES string of the molecule is CC1(C)CCC(C)(C)C2CC(c3csc(N4CCC(N5CCN(CCO)CC5)CC4)n3)CCC21. The first-order chi connectivity index (χ1) is 16.3. The molecule has 1 N–H and O–H groups in total. The smallest absolute Gasteiger partial charge is 0.185 e. The summed E-state index contributed by atoms with van der Waals surface area (Å²) in [6.07, 6.45) is 9.33. The number of thiazole rings is 1. The fourth-order valence-corrected chi connectivity index (χ4v) is 8.74. The monoisotopic (exact) mass is 488 g/mol. The van der Waals surface area contributed by atoms with Gasteiger partial charge in [0.1, 0.15) is 0 Å². The summed E-state index contributed by atoms with van der Waals surface area (Å²) in [5.74, 6) is 2.39. The molecule has 6 heteroatoms. The predicted octanol–water partition coefficient (Wildman–Crippen LogP) is 5.07. The number of hydrogen-bond donors (Lipinski definition) is 1. The number of nitrogens with zero attached hydrogens (tertiary/aromatic N) is 4. The number of aliphatic hydroxyl groups excluding tert-OH is 1. The summed E-state index contributed by atoms with van der Waals surface area (Å²) in [6.45, 7) is 18.0. The fraction of sp³-hybridized carbons (Fsp3) is 0.893. The molecule has 0 spiro atoms. The maximum absolute atomic E-state index is 9.18. The molecule has 4 fully saturated rings. The van der Waals surface area contributed by atoms with Gasteiger partial charge in [-0.1, -0.05) is 27.7 Å². The topological polar surface area (TPSA) is 42.8 Å². The summed E-state index contributed by atoms with van der Waals surface area (Å²) < 4.78 is 0. The Labute approximate surface area is 211 Å². The van der Waals surface area contributed by atoms with E-state index in [0.29, 0.717) is 16.7 Å². The standard InChI is InChI=1S/C28H48N4OS/c1-27(2)9-10-28(3,4)24-19-21(5-6-23(24)27)25-20-34-26(29-25)32-11-7-22(8-12-32)31-15-13-30(14-16-31)17-18-33/h20-24,33H,5-19H2,1-4H3. The van der Waals surface area contributed by atoms with E-state index in [1.807, 2.05) is 11.3 Å². The first kappa shape index (κ1) is 25.0. The number of piperidine rings is 1. The Morgan fingerprint density at radius 1 is 0.912 bits per heavy atom. The molecule has 2 saturated carbocycles. The van der Waals surface area contributed by atoms with Crippen LogP contribution in [0.15, 0.2) is 5.38 Å². The third-order valence-corrected chi connectivity index (χ3v) is 11.2. The Hall–Kier alpha value is -0.690. The van der Waals surface area contributed by atoms with Crippen molar-refractivity contribution in [1.82, 2.24) is 14.8 Å². The summed E-state index contributed by atoms with van der Waals surface area (Å²) >= 11 is 1.89. The molecule has 2 saturated heterocycles. The molecule has 2 aliphatic heterocycles. The lowest BCUT2D eigenvalue weighted by Gasteiger charge is -2.55. The summed E-state index contributed by atoms with van der Waals surface area (Å²) in [5.41, 5.74) is 2.37.